The molecule has 1 fully saturated rings. The predicted molar refractivity (Wildman–Crippen MR) is 73.4 cm³/mol. The van der Waals surface area contributed by atoms with Gasteiger partial charge in [0.15, 0.2) is 0 Å². The van der Waals surface area contributed by atoms with E-state index < -0.39 is 0 Å². The molecule has 2 rings (SSSR count). The maximum Gasteiger partial charge on any atom is 0.224 e. The highest BCUT2D eigenvalue weighted by Crippen LogP contribution is 2.11. The molecule has 1 aliphatic rings. The van der Waals surface area contributed by atoms with Gasteiger partial charge in [0.05, 0.1) is 6.42 Å². The third-order valence-corrected chi connectivity index (χ3v) is 3.46. The zero-order valence-corrected chi connectivity index (χ0v) is 11.0. The fourth-order valence-corrected chi connectivity index (χ4v) is 2.48. The van der Waals surface area contributed by atoms with Crippen LogP contribution in [-0.4, -0.2) is 24.5 Å². The Morgan fingerprint density at radius 1 is 1.33 bits per heavy atom. The Morgan fingerprint density at radius 3 is 2.83 bits per heavy atom. The van der Waals surface area contributed by atoms with Crippen LogP contribution in [0.1, 0.15) is 31.7 Å². The fourth-order valence-electron chi connectivity index (χ4n) is 2.48. The second-order valence-corrected chi connectivity index (χ2v) is 5.16. The highest BCUT2D eigenvalue weighted by Gasteiger charge is 2.17. The summed E-state index contributed by atoms with van der Waals surface area (Å²) in [6, 6.07) is 10.9. The van der Waals surface area contributed by atoms with Crippen LogP contribution in [0, 0.1) is 0 Å². The SMILES string of the molecule is CC1CCCC(CNC(=O)Cc2ccccc2)N1. The van der Waals surface area contributed by atoms with Gasteiger partial charge in [0.1, 0.15) is 0 Å². The lowest BCUT2D eigenvalue weighted by Crippen LogP contribution is -2.47. The molecule has 1 aliphatic heterocycles. The second-order valence-electron chi connectivity index (χ2n) is 5.16. The van der Waals surface area contributed by atoms with Gasteiger partial charge in [-0.25, -0.2) is 0 Å². The van der Waals surface area contributed by atoms with Crippen molar-refractivity contribution in [1.29, 1.82) is 0 Å². The van der Waals surface area contributed by atoms with E-state index in [1.807, 2.05) is 30.3 Å². The highest BCUT2D eigenvalue weighted by atomic mass is 16.1. The number of carbonyl (C=O) groups excluding carboxylic acids is 1. The molecule has 0 radical (unpaired) electrons. The zero-order chi connectivity index (χ0) is 12.8. The van der Waals surface area contributed by atoms with Crippen LogP contribution in [0.15, 0.2) is 30.3 Å². The van der Waals surface area contributed by atoms with Crippen molar-refractivity contribution in [3.05, 3.63) is 35.9 Å². The number of benzene rings is 1. The Morgan fingerprint density at radius 2 is 2.11 bits per heavy atom. The first kappa shape index (κ1) is 13.1. The van der Waals surface area contributed by atoms with E-state index in [2.05, 4.69) is 17.6 Å². The van der Waals surface area contributed by atoms with Crippen molar-refractivity contribution in [2.75, 3.05) is 6.54 Å². The monoisotopic (exact) mass is 246 g/mol. The van der Waals surface area contributed by atoms with Gasteiger partial charge in [-0.3, -0.25) is 4.79 Å². The Kier molecular flexibility index (Phi) is 4.76. The standard InChI is InChI=1S/C15H22N2O/c1-12-6-5-9-14(17-12)11-16-15(18)10-13-7-3-2-4-8-13/h2-4,7-8,12,14,17H,5-6,9-11H2,1H3,(H,16,18). The number of hydrogen-bond acceptors (Lipinski definition) is 2. The normalized spacial score (nSPS) is 23.6. The van der Waals surface area contributed by atoms with Crippen molar-refractivity contribution >= 4 is 5.91 Å². The molecular formula is C15H22N2O. The van der Waals surface area contributed by atoms with Crippen LogP contribution < -0.4 is 10.6 Å². The van der Waals surface area contributed by atoms with Crippen molar-refractivity contribution in [3.63, 3.8) is 0 Å². The second kappa shape index (κ2) is 6.55. The van der Waals surface area contributed by atoms with Gasteiger partial charge in [-0.2, -0.15) is 0 Å². The Hall–Kier alpha value is -1.35. The summed E-state index contributed by atoms with van der Waals surface area (Å²) < 4.78 is 0. The van der Waals surface area contributed by atoms with Gasteiger partial charge in [-0.1, -0.05) is 36.8 Å². The van der Waals surface area contributed by atoms with Crippen LogP contribution in [0.2, 0.25) is 0 Å². The van der Waals surface area contributed by atoms with E-state index in [0.29, 0.717) is 18.5 Å². The smallest absolute Gasteiger partial charge is 0.224 e. The van der Waals surface area contributed by atoms with Crippen LogP contribution in [0.5, 0.6) is 0 Å². The molecule has 2 unspecified atom stereocenters. The van der Waals surface area contributed by atoms with E-state index in [-0.39, 0.29) is 5.91 Å². The molecule has 1 amide bonds. The summed E-state index contributed by atoms with van der Waals surface area (Å²) in [6.07, 6.45) is 4.14. The molecule has 0 aromatic heterocycles. The minimum Gasteiger partial charge on any atom is -0.354 e. The van der Waals surface area contributed by atoms with Crippen LogP contribution in [0.3, 0.4) is 0 Å². The number of amides is 1. The van der Waals surface area contributed by atoms with Crippen molar-refractivity contribution < 1.29 is 4.79 Å². The summed E-state index contributed by atoms with van der Waals surface area (Å²) in [4.78, 5) is 11.8. The molecule has 98 valence electrons. The van der Waals surface area contributed by atoms with Crippen LogP contribution in [0.4, 0.5) is 0 Å². The molecule has 1 aromatic carbocycles. The average Bonchev–Trinajstić information content (AvgIpc) is 2.38. The first-order chi connectivity index (χ1) is 8.74. The molecule has 0 bridgehead atoms. The van der Waals surface area contributed by atoms with Gasteiger partial charge in [0.2, 0.25) is 5.91 Å². The van der Waals surface area contributed by atoms with Crippen molar-refractivity contribution in [3.8, 4) is 0 Å². The first-order valence-corrected chi connectivity index (χ1v) is 6.80. The van der Waals surface area contributed by atoms with Crippen LogP contribution in [0.25, 0.3) is 0 Å². The van der Waals surface area contributed by atoms with E-state index in [4.69, 9.17) is 0 Å². The Balaban J connectivity index is 1.71. The Bertz CT molecular complexity index is 377. The van der Waals surface area contributed by atoms with E-state index in [0.717, 1.165) is 18.5 Å². The summed E-state index contributed by atoms with van der Waals surface area (Å²) in [5.41, 5.74) is 1.07. The van der Waals surface area contributed by atoms with Crippen molar-refractivity contribution in [2.24, 2.45) is 0 Å². The number of nitrogens with one attached hydrogen (secondary N) is 2. The average molecular weight is 246 g/mol. The van der Waals surface area contributed by atoms with Crippen LogP contribution in [-0.2, 0) is 11.2 Å². The minimum atomic E-state index is 0.112. The number of carbonyl (C=O) groups is 1. The molecule has 2 atom stereocenters. The van der Waals surface area contributed by atoms with Gasteiger partial charge in [0, 0.05) is 18.6 Å². The first-order valence-electron chi connectivity index (χ1n) is 6.80. The summed E-state index contributed by atoms with van der Waals surface area (Å²) in [6.45, 7) is 2.95. The molecule has 0 aliphatic carbocycles. The Labute approximate surface area is 109 Å². The molecule has 3 nitrogen and oxygen atoms in total. The van der Waals surface area contributed by atoms with E-state index in [1.54, 1.807) is 0 Å². The van der Waals surface area contributed by atoms with Gasteiger partial charge in [-0.15, -0.1) is 0 Å². The van der Waals surface area contributed by atoms with E-state index in [1.165, 1.54) is 12.8 Å². The molecule has 1 aromatic rings. The lowest BCUT2D eigenvalue weighted by Gasteiger charge is -2.28. The third-order valence-electron chi connectivity index (χ3n) is 3.46. The lowest BCUT2D eigenvalue weighted by atomic mass is 9.99. The molecule has 3 heteroatoms. The van der Waals surface area contributed by atoms with E-state index >= 15 is 0 Å². The summed E-state index contributed by atoms with van der Waals surface area (Å²) in [7, 11) is 0. The molecule has 0 spiro atoms. The molecular weight excluding hydrogens is 224 g/mol. The molecule has 2 N–H and O–H groups in total. The van der Waals surface area contributed by atoms with E-state index in [9.17, 15) is 4.79 Å². The van der Waals surface area contributed by atoms with Crippen LogP contribution >= 0.6 is 0 Å². The third kappa shape index (κ3) is 4.15. The maximum atomic E-state index is 11.8. The maximum absolute atomic E-state index is 11.8. The fraction of sp³-hybridized carbons (Fsp3) is 0.533. The summed E-state index contributed by atoms with van der Waals surface area (Å²) >= 11 is 0. The van der Waals surface area contributed by atoms with Gasteiger partial charge in [-0.05, 0) is 25.3 Å². The molecule has 0 saturated carbocycles. The van der Waals surface area contributed by atoms with Crippen molar-refractivity contribution in [2.45, 2.75) is 44.7 Å². The van der Waals surface area contributed by atoms with Gasteiger partial charge >= 0.3 is 0 Å². The summed E-state index contributed by atoms with van der Waals surface area (Å²) in [5.74, 6) is 0.112. The quantitative estimate of drug-likeness (QED) is 0.851. The zero-order valence-electron chi connectivity index (χ0n) is 11.0. The topological polar surface area (TPSA) is 41.1 Å². The number of hydrogen-bond donors (Lipinski definition) is 2. The van der Waals surface area contributed by atoms with Gasteiger partial charge in [0.25, 0.3) is 0 Å². The van der Waals surface area contributed by atoms with Crippen molar-refractivity contribution in [1.82, 2.24) is 10.6 Å². The molecule has 1 saturated heterocycles. The number of rotatable bonds is 4. The summed E-state index contributed by atoms with van der Waals surface area (Å²) in [5, 5.41) is 6.54. The number of piperidine rings is 1. The highest BCUT2D eigenvalue weighted by molar-refractivity contribution is 5.78. The largest absolute Gasteiger partial charge is 0.354 e. The predicted octanol–water partition coefficient (Wildman–Crippen LogP) is 1.88. The lowest BCUT2D eigenvalue weighted by molar-refractivity contribution is -0.120. The molecule has 1 heterocycles. The van der Waals surface area contributed by atoms with Gasteiger partial charge < -0.3 is 10.6 Å². The minimum absolute atomic E-state index is 0.112. The molecule has 18 heavy (non-hydrogen) atoms.